The first-order valence-electron chi connectivity index (χ1n) is 10.0. The lowest BCUT2D eigenvalue weighted by molar-refractivity contribution is -0.113. The second-order valence-electron chi connectivity index (χ2n) is 8.57. The van der Waals surface area contributed by atoms with E-state index >= 15 is 0 Å². The summed E-state index contributed by atoms with van der Waals surface area (Å²) in [6.45, 7) is 3.46. The average molecular weight is 395 g/mol. The summed E-state index contributed by atoms with van der Waals surface area (Å²) in [6, 6.07) is 16.0. The molecule has 0 bridgehead atoms. The van der Waals surface area contributed by atoms with Crippen molar-refractivity contribution in [3.05, 3.63) is 70.3 Å². The summed E-state index contributed by atoms with van der Waals surface area (Å²) in [4.78, 5) is 0. The Morgan fingerprint density at radius 1 is 1.10 bits per heavy atom. The van der Waals surface area contributed by atoms with Crippen LogP contribution in [0.4, 0.5) is 0 Å². The highest BCUT2D eigenvalue weighted by atomic mass is 16.5. The predicted molar refractivity (Wildman–Crippen MR) is 110 cm³/mol. The number of aliphatic hydroxyl groups excluding tert-OH is 2. The largest absolute Gasteiger partial charge is 0.394 e. The molecule has 0 radical (unpaired) electrons. The zero-order valence-corrected chi connectivity index (χ0v) is 17.0. The van der Waals surface area contributed by atoms with E-state index in [-0.39, 0.29) is 18.8 Å². The second kappa shape index (κ2) is 9.06. The van der Waals surface area contributed by atoms with Gasteiger partial charge in [0.2, 0.25) is 0 Å². The van der Waals surface area contributed by atoms with Gasteiger partial charge < -0.3 is 20.1 Å². The van der Waals surface area contributed by atoms with E-state index in [1.54, 1.807) is 19.9 Å². The number of nitriles is 1. The van der Waals surface area contributed by atoms with Crippen LogP contribution < -0.4 is 0 Å². The van der Waals surface area contributed by atoms with Gasteiger partial charge in [-0.15, -0.1) is 0 Å². The first-order chi connectivity index (χ1) is 13.8. The van der Waals surface area contributed by atoms with Crippen molar-refractivity contribution in [1.82, 2.24) is 0 Å². The molecule has 3 N–H and O–H groups in total. The van der Waals surface area contributed by atoms with E-state index in [4.69, 9.17) is 4.74 Å². The molecule has 1 aliphatic rings. The molecular formula is C24H29NO4. The molecule has 0 amide bonds. The van der Waals surface area contributed by atoms with Gasteiger partial charge in [-0.2, -0.15) is 5.26 Å². The minimum atomic E-state index is -0.749. The third kappa shape index (κ3) is 5.88. The molecule has 2 aromatic carbocycles. The summed E-state index contributed by atoms with van der Waals surface area (Å²) in [7, 11) is 0. The van der Waals surface area contributed by atoms with Gasteiger partial charge in [0.15, 0.2) is 0 Å². The number of rotatable bonds is 6. The van der Waals surface area contributed by atoms with Crippen molar-refractivity contribution in [3.8, 4) is 6.07 Å². The minimum absolute atomic E-state index is 0.117. The van der Waals surface area contributed by atoms with Crippen LogP contribution in [0.25, 0.3) is 0 Å². The maximum atomic E-state index is 10.1. The van der Waals surface area contributed by atoms with Crippen LogP contribution in [0.2, 0.25) is 0 Å². The Morgan fingerprint density at radius 3 is 2.41 bits per heavy atom. The van der Waals surface area contributed by atoms with Crippen LogP contribution in [-0.2, 0) is 17.6 Å². The van der Waals surface area contributed by atoms with Gasteiger partial charge in [-0.3, -0.25) is 0 Å². The molecule has 2 aromatic rings. The summed E-state index contributed by atoms with van der Waals surface area (Å²) in [6.07, 6.45) is 0.939. The molecule has 3 rings (SSSR count). The lowest BCUT2D eigenvalue weighted by atomic mass is 9.91. The van der Waals surface area contributed by atoms with Gasteiger partial charge in [0.1, 0.15) is 0 Å². The topological polar surface area (TPSA) is 93.7 Å². The first kappa shape index (κ1) is 21.5. The van der Waals surface area contributed by atoms with Crippen LogP contribution in [0.5, 0.6) is 0 Å². The number of benzene rings is 2. The fourth-order valence-corrected chi connectivity index (χ4v) is 3.89. The fourth-order valence-electron chi connectivity index (χ4n) is 3.89. The van der Waals surface area contributed by atoms with E-state index in [9.17, 15) is 20.6 Å². The summed E-state index contributed by atoms with van der Waals surface area (Å²) < 4.78 is 5.92. The molecule has 1 heterocycles. The van der Waals surface area contributed by atoms with Crippen molar-refractivity contribution in [2.75, 3.05) is 6.61 Å². The summed E-state index contributed by atoms with van der Waals surface area (Å²) in [5, 5.41) is 39.0. The molecule has 1 fully saturated rings. The number of aliphatic hydroxyl groups is 3. The van der Waals surface area contributed by atoms with Crippen LogP contribution in [0, 0.1) is 11.3 Å². The fraction of sp³-hybridized carbons (Fsp3) is 0.458. The van der Waals surface area contributed by atoms with Gasteiger partial charge in [0.25, 0.3) is 0 Å². The molecule has 1 saturated heterocycles. The smallest absolute Gasteiger partial charge is 0.0994 e. The van der Waals surface area contributed by atoms with Crippen molar-refractivity contribution < 1.29 is 20.1 Å². The van der Waals surface area contributed by atoms with Gasteiger partial charge >= 0.3 is 0 Å². The van der Waals surface area contributed by atoms with Crippen molar-refractivity contribution >= 4 is 0 Å². The third-order valence-corrected chi connectivity index (χ3v) is 5.26. The second-order valence-corrected chi connectivity index (χ2v) is 8.57. The molecule has 0 saturated carbocycles. The van der Waals surface area contributed by atoms with E-state index in [0.29, 0.717) is 31.2 Å². The van der Waals surface area contributed by atoms with Gasteiger partial charge in [-0.05, 0) is 48.6 Å². The van der Waals surface area contributed by atoms with Crippen molar-refractivity contribution in [1.29, 1.82) is 5.26 Å². The number of hydrogen-bond acceptors (Lipinski definition) is 5. The van der Waals surface area contributed by atoms with E-state index in [1.165, 1.54) is 0 Å². The van der Waals surface area contributed by atoms with Crippen LogP contribution in [0.15, 0.2) is 42.5 Å². The maximum Gasteiger partial charge on any atom is 0.0994 e. The molecule has 5 nitrogen and oxygen atoms in total. The zero-order chi connectivity index (χ0) is 21.0. The highest BCUT2D eigenvalue weighted by molar-refractivity contribution is 5.44. The molecule has 0 aromatic heterocycles. The van der Waals surface area contributed by atoms with Crippen LogP contribution in [0.3, 0.4) is 0 Å². The van der Waals surface area contributed by atoms with Gasteiger partial charge in [0, 0.05) is 19.3 Å². The molecule has 3 atom stereocenters. The highest BCUT2D eigenvalue weighted by Gasteiger charge is 2.29. The van der Waals surface area contributed by atoms with Gasteiger partial charge in [-0.25, -0.2) is 0 Å². The Morgan fingerprint density at radius 2 is 1.79 bits per heavy atom. The summed E-state index contributed by atoms with van der Waals surface area (Å²) in [5.74, 6) is 0. The number of hydrogen-bond donors (Lipinski definition) is 3. The molecule has 0 aliphatic carbocycles. The quantitative estimate of drug-likeness (QED) is 0.699. The Kier molecular flexibility index (Phi) is 6.71. The zero-order valence-electron chi connectivity index (χ0n) is 17.0. The van der Waals surface area contributed by atoms with Crippen LogP contribution >= 0.6 is 0 Å². The summed E-state index contributed by atoms with van der Waals surface area (Å²) >= 11 is 0. The molecular weight excluding hydrogens is 366 g/mol. The number of ether oxygens (including phenoxy) is 1. The highest BCUT2D eigenvalue weighted by Crippen LogP contribution is 2.32. The SMILES string of the molecule is CC(C)(O)Cc1ccc(Cc2cc([C@H]3C[C@@H](O)C[C@@H](CO)O3)ccc2C#N)cc1. The van der Waals surface area contributed by atoms with Crippen molar-refractivity contribution in [2.24, 2.45) is 0 Å². The van der Waals surface area contributed by atoms with Gasteiger partial charge in [-0.1, -0.05) is 36.4 Å². The Bertz CT molecular complexity index is 864. The Hall–Kier alpha value is -2.23. The summed E-state index contributed by atoms with van der Waals surface area (Å²) in [5.41, 5.74) is 3.83. The standard InChI is InChI=1S/C24H29NO4/c1-24(2,28)13-17-5-3-16(4-6-17)9-20-10-18(7-8-19(20)14-25)23-12-21(27)11-22(15-26)29-23/h3-8,10,21-23,26-28H,9,11-13,15H2,1-2H3/t21-,22-,23+/m0/s1. The molecule has 154 valence electrons. The average Bonchev–Trinajstić information content (AvgIpc) is 2.68. The van der Waals surface area contributed by atoms with Crippen LogP contribution in [-0.4, -0.2) is 39.7 Å². The minimum Gasteiger partial charge on any atom is -0.394 e. The predicted octanol–water partition coefficient (Wildman–Crippen LogP) is 3.04. The third-order valence-electron chi connectivity index (χ3n) is 5.26. The molecule has 29 heavy (non-hydrogen) atoms. The maximum absolute atomic E-state index is 10.1. The lowest BCUT2D eigenvalue weighted by Gasteiger charge is -2.32. The molecule has 1 aliphatic heterocycles. The van der Waals surface area contributed by atoms with Crippen molar-refractivity contribution in [2.45, 2.75) is 63.4 Å². The van der Waals surface area contributed by atoms with E-state index in [2.05, 4.69) is 6.07 Å². The molecule has 0 spiro atoms. The normalized spacial score (nSPS) is 22.3. The Labute approximate surface area is 172 Å². The van der Waals surface area contributed by atoms with E-state index in [0.717, 1.165) is 22.3 Å². The van der Waals surface area contributed by atoms with E-state index < -0.39 is 11.7 Å². The Balaban J connectivity index is 1.80. The number of nitrogens with zero attached hydrogens (tertiary/aromatic N) is 1. The molecule has 0 unspecified atom stereocenters. The first-order valence-corrected chi connectivity index (χ1v) is 10.0. The van der Waals surface area contributed by atoms with E-state index in [1.807, 2.05) is 36.4 Å². The van der Waals surface area contributed by atoms with Gasteiger partial charge in [0.05, 0.1) is 42.2 Å². The molecule has 5 heteroatoms. The van der Waals surface area contributed by atoms with Crippen LogP contribution in [0.1, 0.15) is 60.6 Å². The monoisotopic (exact) mass is 395 g/mol. The lowest BCUT2D eigenvalue weighted by Crippen LogP contribution is -2.33. The van der Waals surface area contributed by atoms with Crippen molar-refractivity contribution in [3.63, 3.8) is 0 Å².